The van der Waals surface area contributed by atoms with Crippen LogP contribution in [-0.2, 0) is 27.9 Å². The lowest BCUT2D eigenvalue weighted by molar-refractivity contribution is 0.131. The van der Waals surface area contributed by atoms with Crippen LogP contribution >= 0.6 is 0 Å². The highest BCUT2D eigenvalue weighted by Gasteiger charge is 2.16. The molecule has 0 saturated carbocycles. The van der Waals surface area contributed by atoms with Crippen LogP contribution in [0.1, 0.15) is 18.2 Å². The first-order chi connectivity index (χ1) is 10.4. The molecule has 0 saturated heterocycles. The predicted molar refractivity (Wildman–Crippen MR) is 81.8 cm³/mol. The fourth-order valence-electron chi connectivity index (χ4n) is 1.85. The molecule has 0 atom stereocenters. The Morgan fingerprint density at radius 1 is 1.23 bits per heavy atom. The van der Waals surface area contributed by atoms with Crippen LogP contribution in [0.15, 0.2) is 35.4 Å². The zero-order valence-electron chi connectivity index (χ0n) is 12.9. The standard InChI is InChI=1S/C14H20N4O3S/c1-4-21-11-13-10-18(16-15-13)9-12-5-7-14(8-6-12)22(19,20)17(2)3/h5-8,10H,4,9,11H2,1-3H3. The normalized spacial score (nSPS) is 12.0. The molecule has 0 bridgehead atoms. The highest BCUT2D eigenvalue weighted by molar-refractivity contribution is 7.89. The Morgan fingerprint density at radius 3 is 2.50 bits per heavy atom. The second-order valence-electron chi connectivity index (χ2n) is 4.98. The van der Waals surface area contributed by atoms with Crippen LogP contribution in [0.3, 0.4) is 0 Å². The topological polar surface area (TPSA) is 77.3 Å². The predicted octanol–water partition coefficient (Wildman–Crippen LogP) is 1.11. The second-order valence-corrected chi connectivity index (χ2v) is 7.13. The number of aromatic nitrogens is 3. The minimum absolute atomic E-state index is 0.275. The van der Waals surface area contributed by atoms with E-state index < -0.39 is 10.0 Å². The lowest BCUT2D eigenvalue weighted by atomic mass is 10.2. The number of hydrogen-bond donors (Lipinski definition) is 0. The number of ether oxygens (including phenoxy) is 1. The maximum absolute atomic E-state index is 12.0. The third-order valence-corrected chi connectivity index (χ3v) is 4.92. The van der Waals surface area contributed by atoms with E-state index in [4.69, 9.17) is 4.74 Å². The van der Waals surface area contributed by atoms with Gasteiger partial charge in [-0.3, -0.25) is 0 Å². The second kappa shape index (κ2) is 6.99. The van der Waals surface area contributed by atoms with Crippen LogP contribution in [-0.4, -0.2) is 48.4 Å². The van der Waals surface area contributed by atoms with Crippen LogP contribution in [0.4, 0.5) is 0 Å². The molecule has 2 aromatic rings. The summed E-state index contributed by atoms with van der Waals surface area (Å²) in [6.45, 7) is 3.53. The van der Waals surface area contributed by atoms with Crippen molar-refractivity contribution >= 4 is 10.0 Å². The molecule has 0 radical (unpaired) electrons. The molecule has 0 fully saturated rings. The Hall–Kier alpha value is -1.77. The molecule has 1 aromatic heterocycles. The molecule has 22 heavy (non-hydrogen) atoms. The van der Waals surface area contributed by atoms with Gasteiger partial charge in [-0.1, -0.05) is 17.3 Å². The summed E-state index contributed by atoms with van der Waals surface area (Å²) < 4.78 is 32.1. The average molecular weight is 324 g/mol. The van der Waals surface area contributed by atoms with Gasteiger partial charge < -0.3 is 4.74 Å². The Balaban J connectivity index is 2.07. The third kappa shape index (κ3) is 3.90. The Bertz CT molecular complexity index is 708. The smallest absolute Gasteiger partial charge is 0.242 e. The van der Waals surface area contributed by atoms with Gasteiger partial charge in [0.05, 0.1) is 24.2 Å². The lowest BCUT2D eigenvalue weighted by Gasteiger charge is -2.11. The zero-order valence-corrected chi connectivity index (χ0v) is 13.7. The van der Waals surface area contributed by atoms with Crippen molar-refractivity contribution in [2.45, 2.75) is 25.0 Å². The number of nitrogens with zero attached hydrogens (tertiary/aromatic N) is 4. The zero-order chi connectivity index (χ0) is 16.2. The van der Waals surface area contributed by atoms with E-state index in [1.165, 1.54) is 18.4 Å². The van der Waals surface area contributed by atoms with Gasteiger partial charge in [-0.05, 0) is 24.6 Å². The van der Waals surface area contributed by atoms with E-state index in [-0.39, 0.29) is 4.90 Å². The van der Waals surface area contributed by atoms with Gasteiger partial charge >= 0.3 is 0 Å². The van der Waals surface area contributed by atoms with Crippen molar-refractivity contribution in [3.63, 3.8) is 0 Å². The molecule has 0 spiro atoms. The van der Waals surface area contributed by atoms with Crippen LogP contribution in [0.25, 0.3) is 0 Å². The summed E-state index contributed by atoms with van der Waals surface area (Å²) in [6, 6.07) is 6.76. The number of sulfonamides is 1. The summed E-state index contributed by atoms with van der Waals surface area (Å²) in [6.07, 6.45) is 1.82. The first-order valence-corrected chi connectivity index (χ1v) is 8.35. The molecule has 0 amide bonds. The van der Waals surface area contributed by atoms with Crippen molar-refractivity contribution in [1.29, 1.82) is 0 Å². The fourth-order valence-corrected chi connectivity index (χ4v) is 2.75. The van der Waals surface area contributed by atoms with Crippen LogP contribution < -0.4 is 0 Å². The first-order valence-electron chi connectivity index (χ1n) is 6.91. The summed E-state index contributed by atoms with van der Waals surface area (Å²) in [4.78, 5) is 0.275. The highest BCUT2D eigenvalue weighted by Crippen LogP contribution is 2.14. The molecule has 1 heterocycles. The molecule has 0 aliphatic heterocycles. The van der Waals surface area contributed by atoms with E-state index >= 15 is 0 Å². The molecule has 2 rings (SSSR count). The SMILES string of the molecule is CCOCc1cn(Cc2ccc(S(=O)(=O)N(C)C)cc2)nn1. The van der Waals surface area contributed by atoms with Crippen LogP contribution in [0, 0.1) is 0 Å². The summed E-state index contributed by atoms with van der Waals surface area (Å²) in [7, 11) is -0.366. The molecule has 0 N–H and O–H groups in total. The molecule has 0 unspecified atom stereocenters. The van der Waals surface area contributed by atoms with Gasteiger partial charge in [0.25, 0.3) is 0 Å². The van der Waals surface area contributed by atoms with Crippen molar-refractivity contribution < 1.29 is 13.2 Å². The molecule has 0 aliphatic rings. The van der Waals surface area contributed by atoms with Gasteiger partial charge in [-0.25, -0.2) is 17.4 Å². The van der Waals surface area contributed by atoms with E-state index in [0.717, 1.165) is 11.3 Å². The van der Waals surface area contributed by atoms with Crippen LogP contribution in [0.5, 0.6) is 0 Å². The maximum Gasteiger partial charge on any atom is 0.242 e. The van der Waals surface area contributed by atoms with E-state index in [9.17, 15) is 8.42 Å². The number of rotatable bonds is 7. The van der Waals surface area contributed by atoms with Crippen molar-refractivity contribution in [2.75, 3.05) is 20.7 Å². The quantitative estimate of drug-likeness (QED) is 0.762. The Kier molecular flexibility index (Phi) is 5.28. The first kappa shape index (κ1) is 16.6. The third-order valence-electron chi connectivity index (χ3n) is 3.09. The van der Waals surface area contributed by atoms with E-state index in [1.807, 2.05) is 13.1 Å². The average Bonchev–Trinajstić information content (AvgIpc) is 2.93. The highest BCUT2D eigenvalue weighted by atomic mass is 32.2. The number of hydrogen-bond acceptors (Lipinski definition) is 5. The summed E-state index contributed by atoms with van der Waals surface area (Å²) in [5.74, 6) is 0. The van der Waals surface area contributed by atoms with Gasteiger partial charge in [-0.15, -0.1) is 5.10 Å². The molecular weight excluding hydrogens is 304 g/mol. The molecular formula is C14H20N4O3S. The van der Waals surface area contributed by atoms with Crippen molar-refractivity contribution in [3.8, 4) is 0 Å². The molecule has 120 valence electrons. The Morgan fingerprint density at radius 2 is 1.91 bits per heavy atom. The van der Waals surface area contributed by atoms with Gasteiger partial charge in [0.1, 0.15) is 5.69 Å². The van der Waals surface area contributed by atoms with Crippen LogP contribution in [0.2, 0.25) is 0 Å². The minimum atomic E-state index is -3.39. The van der Waals surface area contributed by atoms with Crippen molar-refractivity contribution in [2.24, 2.45) is 0 Å². The van der Waals surface area contributed by atoms with Gasteiger partial charge in [0, 0.05) is 20.7 Å². The van der Waals surface area contributed by atoms with Crippen molar-refractivity contribution in [1.82, 2.24) is 19.3 Å². The summed E-state index contributed by atoms with van der Waals surface area (Å²) in [5.41, 5.74) is 1.72. The van der Waals surface area contributed by atoms with Crippen molar-refractivity contribution in [3.05, 3.63) is 41.7 Å². The molecule has 7 nitrogen and oxygen atoms in total. The largest absolute Gasteiger partial charge is 0.375 e. The maximum atomic E-state index is 12.0. The Labute approximate surface area is 130 Å². The van der Waals surface area contributed by atoms with Gasteiger partial charge in [-0.2, -0.15) is 0 Å². The summed E-state index contributed by atoms with van der Waals surface area (Å²) >= 11 is 0. The molecule has 1 aromatic carbocycles. The van der Waals surface area contributed by atoms with E-state index in [0.29, 0.717) is 19.8 Å². The van der Waals surface area contributed by atoms with Gasteiger partial charge in [0.2, 0.25) is 10.0 Å². The fraction of sp³-hybridized carbons (Fsp3) is 0.429. The van der Waals surface area contributed by atoms with Gasteiger partial charge in [0.15, 0.2) is 0 Å². The van der Waals surface area contributed by atoms with E-state index in [1.54, 1.807) is 28.9 Å². The molecule has 8 heteroatoms. The summed E-state index contributed by atoms with van der Waals surface area (Å²) in [5, 5.41) is 8.04. The van der Waals surface area contributed by atoms with E-state index in [2.05, 4.69) is 10.3 Å². The minimum Gasteiger partial charge on any atom is -0.375 e. The molecule has 0 aliphatic carbocycles. The monoisotopic (exact) mass is 324 g/mol. The number of benzene rings is 1. The lowest BCUT2D eigenvalue weighted by Crippen LogP contribution is -2.22.